The van der Waals surface area contributed by atoms with Crippen molar-refractivity contribution in [3.63, 3.8) is 0 Å². The second kappa shape index (κ2) is 9.81. The molecule has 2 atom stereocenters. The van der Waals surface area contributed by atoms with Crippen molar-refractivity contribution in [3.05, 3.63) is 28.3 Å². The Kier molecular flexibility index (Phi) is 7.76. The van der Waals surface area contributed by atoms with Gasteiger partial charge in [-0.1, -0.05) is 24.4 Å². The Balaban J connectivity index is 1.68. The van der Waals surface area contributed by atoms with Gasteiger partial charge in [-0.3, -0.25) is 9.59 Å². The highest BCUT2D eigenvalue weighted by atomic mass is 35.5. The fourth-order valence-electron chi connectivity index (χ4n) is 3.52. The molecule has 1 aliphatic carbocycles. The quantitative estimate of drug-likeness (QED) is 0.664. The van der Waals surface area contributed by atoms with Gasteiger partial charge in [0.15, 0.2) is 0 Å². The summed E-state index contributed by atoms with van der Waals surface area (Å²) in [5.74, 6) is -0.320. The maximum Gasteiger partial charge on any atom is 0.306 e. The van der Waals surface area contributed by atoms with Gasteiger partial charge in [0.25, 0.3) is 0 Å². The van der Waals surface area contributed by atoms with E-state index in [4.69, 9.17) is 16.3 Å². The molecule has 0 spiro atoms. The summed E-state index contributed by atoms with van der Waals surface area (Å²) < 4.78 is 5.70. The minimum Gasteiger partial charge on any atom is -0.494 e. The number of hydrogen-bond acceptors (Lipinski definition) is 3. The van der Waals surface area contributed by atoms with Gasteiger partial charge in [0, 0.05) is 18.0 Å². The van der Waals surface area contributed by atoms with Crippen molar-refractivity contribution in [2.75, 3.05) is 13.2 Å². The highest BCUT2D eigenvalue weighted by Crippen LogP contribution is 2.30. The van der Waals surface area contributed by atoms with E-state index in [1.165, 1.54) is 0 Å². The number of carbonyl (C=O) groups is 2. The van der Waals surface area contributed by atoms with Crippen LogP contribution in [0.3, 0.4) is 0 Å². The van der Waals surface area contributed by atoms with Crippen molar-refractivity contribution in [1.82, 2.24) is 5.32 Å². The maximum atomic E-state index is 12.0. The number of aliphatic carboxylic acids is 1. The largest absolute Gasteiger partial charge is 0.494 e. The third-order valence-electron chi connectivity index (χ3n) is 5.01. The van der Waals surface area contributed by atoms with E-state index in [9.17, 15) is 14.7 Å². The molecule has 0 aliphatic heterocycles. The van der Waals surface area contributed by atoms with Crippen LogP contribution < -0.4 is 10.1 Å². The predicted molar refractivity (Wildman–Crippen MR) is 102 cm³/mol. The summed E-state index contributed by atoms with van der Waals surface area (Å²) in [4.78, 5) is 23.3. The Labute approximate surface area is 160 Å². The van der Waals surface area contributed by atoms with Gasteiger partial charge in [0.05, 0.1) is 12.5 Å². The van der Waals surface area contributed by atoms with Crippen molar-refractivity contribution in [1.29, 1.82) is 0 Å². The van der Waals surface area contributed by atoms with E-state index in [1.54, 1.807) is 0 Å². The average molecular weight is 382 g/mol. The zero-order valence-corrected chi connectivity index (χ0v) is 16.3. The van der Waals surface area contributed by atoms with Gasteiger partial charge >= 0.3 is 5.97 Å². The number of nitrogens with one attached hydrogen (secondary N) is 1. The predicted octanol–water partition coefficient (Wildman–Crippen LogP) is 4.12. The molecule has 1 fully saturated rings. The molecule has 0 radical (unpaired) electrons. The van der Waals surface area contributed by atoms with Crippen molar-refractivity contribution in [3.8, 4) is 5.75 Å². The van der Waals surface area contributed by atoms with E-state index in [1.807, 2.05) is 26.0 Å². The van der Waals surface area contributed by atoms with Crippen molar-refractivity contribution in [2.24, 2.45) is 11.8 Å². The summed E-state index contributed by atoms with van der Waals surface area (Å²) in [7, 11) is 0. The van der Waals surface area contributed by atoms with E-state index in [0.29, 0.717) is 32.4 Å². The van der Waals surface area contributed by atoms with Crippen LogP contribution in [-0.4, -0.2) is 30.1 Å². The summed E-state index contributed by atoms with van der Waals surface area (Å²) in [5.41, 5.74) is 1.94. The van der Waals surface area contributed by atoms with Crippen molar-refractivity contribution >= 4 is 23.5 Å². The molecule has 0 saturated heterocycles. The Morgan fingerprint density at radius 1 is 1.23 bits per heavy atom. The van der Waals surface area contributed by atoms with Gasteiger partial charge < -0.3 is 15.2 Å². The number of ether oxygens (including phenoxy) is 1. The molecule has 2 N–H and O–H groups in total. The molecule has 0 aromatic heterocycles. The molecule has 1 aromatic rings. The lowest BCUT2D eigenvalue weighted by Gasteiger charge is -2.28. The van der Waals surface area contributed by atoms with Crippen LogP contribution in [0.2, 0.25) is 5.02 Å². The molecule has 0 bridgehead atoms. The van der Waals surface area contributed by atoms with Gasteiger partial charge in [-0.25, -0.2) is 0 Å². The number of carboxylic acids is 1. The smallest absolute Gasteiger partial charge is 0.306 e. The molecule has 1 saturated carbocycles. The summed E-state index contributed by atoms with van der Waals surface area (Å²) in [6.45, 7) is 4.78. The zero-order chi connectivity index (χ0) is 19.1. The number of halogens is 1. The van der Waals surface area contributed by atoms with Crippen molar-refractivity contribution < 1.29 is 19.4 Å². The molecule has 0 unspecified atom stereocenters. The molecular formula is C20H28ClNO4. The maximum absolute atomic E-state index is 12.0. The van der Waals surface area contributed by atoms with Gasteiger partial charge in [0.2, 0.25) is 5.91 Å². The molecule has 2 rings (SSSR count). The molecule has 0 heterocycles. The Morgan fingerprint density at radius 2 is 1.88 bits per heavy atom. The van der Waals surface area contributed by atoms with Crippen LogP contribution in [0, 0.1) is 25.7 Å². The first kappa shape index (κ1) is 20.6. The summed E-state index contributed by atoms with van der Waals surface area (Å²) in [6.07, 6.45) is 4.56. The lowest BCUT2D eigenvalue weighted by Crippen LogP contribution is -2.37. The monoisotopic (exact) mass is 381 g/mol. The standard InChI is InChI=1S/C20H28ClNO4/c1-13-10-16(11-14(2)19(13)21)26-9-5-8-18(23)22-12-15-6-3-4-7-17(15)20(24)25/h10-11,15,17H,3-9,12H2,1-2H3,(H,22,23)(H,24,25)/t15-,17-/m0/s1. The van der Waals surface area contributed by atoms with E-state index in [-0.39, 0.29) is 17.7 Å². The Bertz CT molecular complexity index is 624. The number of hydrogen-bond donors (Lipinski definition) is 2. The number of benzene rings is 1. The van der Waals surface area contributed by atoms with Gasteiger partial charge in [-0.05, 0) is 62.3 Å². The van der Waals surface area contributed by atoms with Crippen LogP contribution in [0.25, 0.3) is 0 Å². The molecule has 26 heavy (non-hydrogen) atoms. The number of carbonyl (C=O) groups excluding carboxylic acids is 1. The highest BCUT2D eigenvalue weighted by molar-refractivity contribution is 6.32. The van der Waals surface area contributed by atoms with Crippen LogP contribution in [0.1, 0.15) is 49.7 Å². The second-order valence-corrected chi connectivity index (χ2v) is 7.49. The van der Waals surface area contributed by atoms with Gasteiger partial charge in [-0.2, -0.15) is 0 Å². The van der Waals surface area contributed by atoms with Crippen LogP contribution in [0.4, 0.5) is 0 Å². The van der Waals surface area contributed by atoms with Crippen LogP contribution in [-0.2, 0) is 9.59 Å². The van der Waals surface area contributed by atoms with Crippen LogP contribution >= 0.6 is 11.6 Å². The first-order chi connectivity index (χ1) is 12.4. The molecule has 5 nitrogen and oxygen atoms in total. The third-order valence-corrected chi connectivity index (χ3v) is 5.61. The Morgan fingerprint density at radius 3 is 2.54 bits per heavy atom. The third kappa shape index (κ3) is 5.90. The van der Waals surface area contributed by atoms with E-state index < -0.39 is 5.97 Å². The van der Waals surface area contributed by atoms with E-state index >= 15 is 0 Å². The number of amides is 1. The fourth-order valence-corrected chi connectivity index (χ4v) is 3.63. The first-order valence-electron chi connectivity index (χ1n) is 9.27. The van der Waals surface area contributed by atoms with Gasteiger partial charge in [0.1, 0.15) is 5.75 Å². The first-order valence-corrected chi connectivity index (χ1v) is 9.65. The Hall–Kier alpha value is -1.75. The topological polar surface area (TPSA) is 75.6 Å². The number of carboxylic acid groups (broad SMARTS) is 1. The molecule has 1 amide bonds. The molecule has 144 valence electrons. The minimum absolute atomic E-state index is 0.0430. The molecular weight excluding hydrogens is 354 g/mol. The molecule has 1 aliphatic rings. The second-order valence-electron chi connectivity index (χ2n) is 7.12. The normalized spacial score (nSPS) is 19.8. The summed E-state index contributed by atoms with van der Waals surface area (Å²) in [5, 5.41) is 12.9. The molecule has 6 heteroatoms. The lowest BCUT2D eigenvalue weighted by atomic mass is 9.79. The minimum atomic E-state index is -0.745. The fraction of sp³-hybridized carbons (Fsp3) is 0.600. The van der Waals surface area contributed by atoms with Crippen LogP contribution in [0.15, 0.2) is 12.1 Å². The zero-order valence-electron chi connectivity index (χ0n) is 15.5. The van der Waals surface area contributed by atoms with Gasteiger partial charge in [-0.15, -0.1) is 0 Å². The highest BCUT2D eigenvalue weighted by Gasteiger charge is 2.30. The van der Waals surface area contributed by atoms with E-state index in [0.717, 1.165) is 41.2 Å². The van der Waals surface area contributed by atoms with Crippen molar-refractivity contribution in [2.45, 2.75) is 52.4 Å². The van der Waals surface area contributed by atoms with E-state index in [2.05, 4.69) is 5.32 Å². The number of rotatable bonds is 8. The summed E-state index contributed by atoms with van der Waals surface area (Å²) >= 11 is 6.14. The SMILES string of the molecule is Cc1cc(OCCCC(=O)NC[C@@H]2CCCC[C@@H]2C(=O)O)cc(C)c1Cl. The number of aryl methyl sites for hydroxylation is 2. The summed E-state index contributed by atoms with van der Waals surface area (Å²) in [6, 6.07) is 3.79. The molecule has 1 aromatic carbocycles. The van der Waals surface area contributed by atoms with Crippen LogP contribution in [0.5, 0.6) is 5.75 Å². The lowest BCUT2D eigenvalue weighted by molar-refractivity contribution is -0.145. The average Bonchev–Trinajstić information content (AvgIpc) is 2.61.